The van der Waals surface area contributed by atoms with Gasteiger partial charge in [-0.15, -0.1) is 0 Å². The Morgan fingerprint density at radius 1 is 1.17 bits per heavy atom. The summed E-state index contributed by atoms with van der Waals surface area (Å²) in [6.45, 7) is 1.02. The lowest BCUT2D eigenvalue weighted by atomic mass is 9.57. The van der Waals surface area contributed by atoms with Crippen LogP contribution in [0.2, 0.25) is 0 Å². The minimum Gasteiger partial charge on any atom is -0.309 e. The van der Waals surface area contributed by atoms with Gasteiger partial charge in [0.2, 0.25) is 0 Å². The molecule has 1 spiro atoms. The molecular weight excluding hydrogens is 286 g/mol. The summed E-state index contributed by atoms with van der Waals surface area (Å²) in [5.41, 5.74) is 2.06. The first-order valence-corrected chi connectivity index (χ1v) is 8.06. The molecule has 98 valence electrons. The van der Waals surface area contributed by atoms with Crippen LogP contribution in [0.1, 0.15) is 50.5 Å². The zero-order valence-corrected chi connectivity index (χ0v) is 12.5. The van der Waals surface area contributed by atoms with Crippen LogP contribution in [0.25, 0.3) is 0 Å². The lowest BCUT2D eigenvalue weighted by Crippen LogP contribution is -2.53. The fourth-order valence-electron chi connectivity index (χ4n) is 3.76. The average molecular weight is 308 g/mol. The largest absolute Gasteiger partial charge is 0.309 e. The Hall–Kier alpha value is -0.340. The zero-order valence-electron chi connectivity index (χ0n) is 10.9. The molecule has 2 fully saturated rings. The SMILES string of the molecule is Brc1cccc(CNC2CCC23CCCCC3)c1. The number of nitrogens with one attached hydrogen (secondary N) is 1. The molecule has 1 aromatic rings. The molecule has 2 aliphatic rings. The molecule has 0 radical (unpaired) electrons. The van der Waals surface area contributed by atoms with Crippen molar-refractivity contribution in [2.75, 3.05) is 0 Å². The Labute approximate surface area is 118 Å². The van der Waals surface area contributed by atoms with Crippen LogP contribution in [0.15, 0.2) is 28.7 Å². The summed E-state index contributed by atoms with van der Waals surface area (Å²) in [4.78, 5) is 0. The molecule has 1 atom stereocenters. The van der Waals surface area contributed by atoms with Crippen molar-refractivity contribution in [2.24, 2.45) is 5.41 Å². The normalized spacial score (nSPS) is 25.9. The van der Waals surface area contributed by atoms with Gasteiger partial charge in [-0.1, -0.05) is 47.3 Å². The van der Waals surface area contributed by atoms with Gasteiger partial charge in [0, 0.05) is 17.1 Å². The van der Waals surface area contributed by atoms with Crippen molar-refractivity contribution in [1.82, 2.24) is 5.32 Å². The van der Waals surface area contributed by atoms with E-state index in [-0.39, 0.29) is 0 Å². The second-order valence-corrected chi connectivity index (χ2v) is 6.94. The summed E-state index contributed by atoms with van der Waals surface area (Å²) >= 11 is 3.54. The number of halogens is 1. The molecule has 1 unspecified atom stereocenters. The predicted molar refractivity (Wildman–Crippen MR) is 79.5 cm³/mol. The van der Waals surface area contributed by atoms with Crippen molar-refractivity contribution in [3.05, 3.63) is 34.3 Å². The van der Waals surface area contributed by atoms with Crippen LogP contribution in [0.5, 0.6) is 0 Å². The van der Waals surface area contributed by atoms with Crippen LogP contribution >= 0.6 is 15.9 Å². The molecule has 2 saturated carbocycles. The molecular formula is C16H22BrN. The molecule has 1 aromatic carbocycles. The maximum absolute atomic E-state index is 3.80. The van der Waals surface area contributed by atoms with Gasteiger partial charge >= 0.3 is 0 Å². The highest BCUT2D eigenvalue weighted by atomic mass is 79.9. The lowest BCUT2D eigenvalue weighted by Gasteiger charge is -2.52. The van der Waals surface area contributed by atoms with E-state index in [1.165, 1.54) is 55.0 Å². The topological polar surface area (TPSA) is 12.0 Å². The molecule has 2 aliphatic carbocycles. The number of hydrogen-bond acceptors (Lipinski definition) is 1. The second-order valence-electron chi connectivity index (χ2n) is 6.03. The minimum absolute atomic E-state index is 0.671. The third kappa shape index (κ3) is 2.50. The van der Waals surface area contributed by atoms with E-state index in [0.29, 0.717) is 5.41 Å². The van der Waals surface area contributed by atoms with E-state index in [0.717, 1.165) is 12.6 Å². The minimum atomic E-state index is 0.671. The van der Waals surface area contributed by atoms with Crippen molar-refractivity contribution >= 4 is 15.9 Å². The zero-order chi connectivity index (χ0) is 12.4. The number of hydrogen-bond donors (Lipinski definition) is 1. The standard InChI is InChI=1S/C16H22BrN/c17-14-6-4-5-13(11-14)12-18-15-7-10-16(15)8-2-1-3-9-16/h4-6,11,15,18H,1-3,7-10,12H2. The van der Waals surface area contributed by atoms with Crippen molar-refractivity contribution in [2.45, 2.75) is 57.5 Å². The fraction of sp³-hybridized carbons (Fsp3) is 0.625. The molecule has 1 nitrogen and oxygen atoms in total. The van der Waals surface area contributed by atoms with Gasteiger partial charge in [-0.25, -0.2) is 0 Å². The van der Waals surface area contributed by atoms with Crippen molar-refractivity contribution in [3.8, 4) is 0 Å². The van der Waals surface area contributed by atoms with Gasteiger partial charge < -0.3 is 5.32 Å². The smallest absolute Gasteiger partial charge is 0.0208 e. The van der Waals surface area contributed by atoms with Crippen molar-refractivity contribution in [1.29, 1.82) is 0 Å². The van der Waals surface area contributed by atoms with E-state index in [1.807, 2.05) is 0 Å². The van der Waals surface area contributed by atoms with E-state index in [2.05, 4.69) is 45.5 Å². The van der Waals surface area contributed by atoms with Crippen LogP contribution in [0.3, 0.4) is 0 Å². The molecule has 0 heterocycles. The molecule has 0 aliphatic heterocycles. The molecule has 0 aromatic heterocycles. The monoisotopic (exact) mass is 307 g/mol. The Bertz CT molecular complexity index is 409. The molecule has 1 N–H and O–H groups in total. The third-order valence-corrected chi connectivity index (χ3v) is 5.45. The molecule has 0 bridgehead atoms. The molecule has 0 amide bonds. The highest BCUT2D eigenvalue weighted by Gasteiger charge is 2.46. The van der Waals surface area contributed by atoms with Crippen molar-refractivity contribution in [3.63, 3.8) is 0 Å². The van der Waals surface area contributed by atoms with Gasteiger partial charge in [-0.2, -0.15) is 0 Å². The molecule has 3 rings (SSSR count). The maximum atomic E-state index is 3.80. The second kappa shape index (κ2) is 5.34. The quantitative estimate of drug-likeness (QED) is 0.857. The average Bonchev–Trinajstić information content (AvgIpc) is 2.39. The molecule has 18 heavy (non-hydrogen) atoms. The molecule has 2 heteroatoms. The summed E-state index contributed by atoms with van der Waals surface area (Å²) < 4.78 is 1.18. The van der Waals surface area contributed by atoms with Gasteiger partial charge in [0.25, 0.3) is 0 Å². The summed E-state index contributed by atoms with van der Waals surface area (Å²) in [7, 11) is 0. The van der Waals surface area contributed by atoms with Crippen LogP contribution in [-0.4, -0.2) is 6.04 Å². The summed E-state index contributed by atoms with van der Waals surface area (Å²) in [6, 6.07) is 9.42. The first-order valence-electron chi connectivity index (χ1n) is 7.26. The summed E-state index contributed by atoms with van der Waals surface area (Å²) in [6.07, 6.45) is 10.1. The fourth-order valence-corrected chi connectivity index (χ4v) is 4.20. The van der Waals surface area contributed by atoms with Gasteiger partial charge in [0.15, 0.2) is 0 Å². The van der Waals surface area contributed by atoms with E-state index in [9.17, 15) is 0 Å². The van der Waals surface area contributed by atoms with Gasteiger partial charge in [-0.3, -0.25) is 0 Å². The van der Waals surface area contributed by atoms with Crippen LogP contribution in [0, 0.1) is 5.41 Å². The maximum Gasteiger partial charge on any atom is 0.0208 e. The van der Waals surface area contributed by atoms with Crippen molar-refractivity contribution < 1.29 is 0 Å². The van der Waals surface area contributed by atoms with Crippen LogP contribution in [-0.2, 0) is 6.54 Å². The molecule has 0 saturated heterocycles. The first-order chi connectivity index (χ1) is 8.78. The Balaban J connectivity index is 1.57. The Morgan fingerprint density at radius 3 is 2.67 bits per heavy atom. The van der Waals surface area contributed by atoms with Crippen LogP contribution in [0.4, 0.5) is 0 Å². The predicted octanol–water partition coefficient (Wildman–Crippen LogP) is 4.65. The van der Waals surface area contributed by atoms with Gasteiger partial charge in [0.05, 0.1) is 0 Å². The third-order valence-electron chi connectivity index (χ3n) is 4.96. The van der Waals surface area contributed by atoms with Crippen LogP contribution < -0.4 is 5.32 Å². The van der Waals surface area contributed by atoms with E-state index < -0.39 is 0 Å². The Kier molecular flexibility index (Phi) is 3.76. The highest BCUT2D eigenvalue weighted by molar-refractivity contribution is 9.10. The summed E-state index contributed by atoms with van der Waals surface area (Å²) in [5, 5.41) is 3.80. The Morgan fingerprint density at radius 2 is 2.00 bits per heavy atom. The van der Waals surface area contributed by atoms with E-state index in [4.69, 9.17) is 0 Å². The summed E-state index contributed by atoms with van der Waals surface area (Å²) in [5.74, 6) is 0. The number of benzene rings is 1. The first kappa shape index (κ1) is 12.7. The highest BCUT2D eigenvalue weighted by Crippen LogP contribution is 2.51. The van der Waals surface area contributed by atoms with Gasteiger partial charge in [0.1, 0.15) is 0 Å². The van der Waals surface area contributed by atoms with E-state index in [1.54, 1.807) is 0 Å². The van der Waals surface area contributed by atoms with E-state index >= 15 is 0 Å². The number of rotatable bonds is 3. The van der Waals surface area contributed by atoms with Gasteiger partial charge in [-0.05, 0) is 48.8 Å². The lowest BCUT2D eigenvalue weighted by molar-refractivity contribution is 0.0221.